The highest BCUT2D eigenvalue weighted by molar-refractivity contribution is 5.85. The molecule has 1 aliphatic rings. The van der Waals surface area contributed by atoms with Crippen molar-refractivity contribution < 1.29 is 0 Å². The maximum absolute atomic E-state index is 5.88. The molecule has 0 amide bonds. The first-order valence-corrected chi connectivity index (χ1v) is 7.03. The second-order valence-corrected chi connectivity index (χ2v) is 5.36. The number of imidazole rings is 1. The summed E-state index contributed by atoms with van der Waals surface area (Å²) in [6.45, 7) is 5.38. The molecule has 0 radical (unpaired) electrons. The van der Waals surface area contributed by atoms with E-state index in [1.54, 1.807) is 6.20 Å². The maximum atomic E-state index is 5.88. The summed E-state index contributed by atoms with van der Waals surface area (Å²) in [5.74, 6) is 2.39. The van der Waals surface area contributed by atoms with Crippen LogP contribution in [0.1, 0.15) is 25.1 Å². The summed E-state index contributed by atoms with van der Waals surface area (Å²) in [6.07, 6.45) is 5.56. The van der Waals surface area contributed by atoms with Gasteiger partial charge in [-0.3, -0.25) is 0 Å². The monoisotopic (exact) mass is 259 g/mol. The number of nitrogens with one attached hydrogen (secondary N) is 1. The quantitative estimate of drug-likeness (QED) is 0.880. The molecule has 3 heterocycles. The number of pyridine rings is 1. The summed E-state index contributed by atoms with van der Waals surface area (Å²) in [5.41, 5.74) is 7.83. The van der Waals surface area contributed by atoms with E-state index in [1.165, 1.54) is 19.3 Å². The highest BCUT2D eigenvalue weighted by Crippen LogP contribution is 2.22. The van der Waals surface area contributed by atoms with Gasteiger partial charge in [0.2, 0.25) is 0 Å². The molecule has 5 nitrogen and oxygen atoms in total. The van der Waals surface area contributed by atoms with Crippen molar-refractivity contribution in [3.63, 3.8) is 0 Å². The van der Waals surface area contributed by atoms with E-state index in [0.717, 1.165) is 42.4 Å². The molecular weight excluding hydrogens is 238 g/mol. The van der Waals surface area contributed by atoms with E-state index in [2.05, 4.69) is 19.9 Å². The summed E-state index contributed by atoms with van der Waals surface area (Å²) < 4.78 is 2.27. The first-order valence-electron chi connectivity index (χ1n) is 7.03. The molecule has 5 heteroatoms. The zero-order valence-electron chi connectivity index (χ0n) is 11.4. The van der Waals surface area contributed by atoms with Crippen molar-refractivity contribution in [2.24, 2.45) is 5.92 Å². The molecule has 1 aliphatic heterocycles. The molecule has 0 atom stereocenters. The van der Waals surface area contributed by atoms with Gasteiger partial charge in [-0.2, -0.15) is 0 Å². The molecule has 3 rings (SSSR count). The van der Waals surface area contributed by atoms with Crippen LogP contribution in [-0.4, -0.2) is 27.6 Å². The number of hydrogen-bond acceptors (Lipinski definition) is 4. The van der Waals surface area contributed by atoms with E-state index in [4.69, 9.17) is 5.73 Å². The van der Waals surface area contributed by atoms with Gasteiger partial charge < -0.3 is 15.6 Å². The average molecular weight is 259 g/mol. The number of aryl methyl sites for hydroxylation is 2. The molecule has 3 N–H and O–H groups in total. The molecule has 0 bridgehead atoms. The summed E-state index contributed by atoms with van der Waals surface area (Å²) in [7, 11) is 0. The van der Waals surface area contributed by atoms with Gasteiger partial charge in [0, 0.05) is 12.7 Å². The van der Waals surface area contributed by atoms with Crippen LogP contribution in [0, 0.1) is 12.8 Å². The van der Waals surface area contributed by atoms with Crippen LogP contribution in [-0.2, 0) is 6.54 Å². The molecule has 1 saturated heterocycles. The van der Waals surface area contributed by atoms with Gasteiger partial charge in [-0.1, -0.05) is 0 Å². The zero-order chi connectivity index (χ0) is 13.2. The Labute approximate surface area is 113 Å². The Hall–Kier alpha value is -1.62. The fourth-order valence-electron chi connectivity index (χ4n) is 2.95. The predicted molar refractivity (Wildman–Crippen MR) is 76.9 cm³/mol. The largest absolute Gasteiger partial charge is 0.382 e. The van der Waals surface area contributed by atoms with E-state index >= 15 is 0 Å². The molecule has 102 valence electrons. The molecule has 0 unspecified atom stereocenters. The van der Waals surface area contributed by atoms with Crippen molar-refractivity contribution in [3.05, 3.63) is 18.1 Å². The van der Waals surface area contributed by atoms with Crippen molar-refractivity contribution >= 4 is 16.9 Å². The lowest BCUT2D eigenvalue weighted by atomic mass is 9.95. The number of aromatic nitrogens is 3. The van der Waals surface area contributed by atoms with E-state index in [9.17, 15) is 0 Å². The van der Waals surface area contributed by atoms with Crippen LogP contribution < -0.4 is 11.1 Å². The first kappa shape index (κ1) is 12.4. The Morgan fingerprint density at radius 3 is 3.00 bits per heavy atom. The van der Waals surface area contributed by atoms with Gasteiger partial charge in [0.1, 0.15) is 11.3 Å². The molecule has 2 aromatic heterocycles. The second-order valence-electron chi connectivity index (χ2n) is 5.36. The number of hydrogen-bond donors (Lipinski definition) is 2. The molecule has 0 aliphatic carbocycles. The number of nitrogens with zero attached hydrogens (tertiary/aromatic N) is 3. The van der Waals surface area contributed by atoms with Gasteiger partial charge in [-0.25, -0.2) is 9.97 Å². The van der Waals surface area contributed by atoms with E-state index < -0.39 is 0 Å². The topological polar surface area (TPSA) is 68.8 Å². The van der Waals surface area contributed by atoms with Crippen LogP contribution in [0.3, 0.4) is 0 Å². The molecule has 0 aromatic carbocycles. The highest BCUT2D eigenvalue weighted by atomic mass is 15.1. The molecule has 1 fully saturated rings. The lowest BCUT2D eigenvalue weighted by molar-refractivity contribution is 0.338. The number of fused-ring (bicyclic) bond motifs is 1. The lowest BCUT2D eigenvalue weighted by Gasteiger charge is -2.22. The minimum atomic E-state index is 0.529. The third-order valence-electron chi connectivity index (χ3n) is 4.11. The SMILES string of the molecule is Cc1nc2c(N)nccc2n1CCC1CCNCC1. The average Bonchev–Trinajstić information content (AvgIpc) is 2.75. The van der Waals surface area contributed by atoms with Crippen molar-refractivity contribution in [3.8, 4) is 0 Å². The molecule has 0 saturated carbocycles. The number of piperidine rings is 1. The van der Waals surface area contributed by atoms with Crippen LogP contribution in [0.4, 0.5) is 5.82 Å². The van der Waals surface area contributed by atoms with Crippen LogP contribution in [0.15, 0.2) is 12.3 Å². The maximum Gasteiger partial charge on any atom is 0.151 e. The minimum absolute atomic E-state index is 0.529. The van der Waals surface area contributed by atoms with Crippen LogP contribution in [0.25, 0.3) is 11.0 Å². The predicted octanol–water partition coefficient (Wildman–Crippen LogP) is 1.71. The van der Waals surface area contributed by atoms with Gasteiger partial charge in [-0.05, 0) is 51.3 Å². The van der Waals surface area contributed by atoms with E-state index in [-0.39, 0.29) is 0 Å². The van der Waals surface area contributed by atoms with Crippen LogP contribution in [0.5, 0.6) is 0 Å². The van der Waals surface area contributed by atoms with Gasteiger partial charge >= 0.3 is 0 Å². The standard InChI is InChI=1S/C14H21N5/c1-10-18-13-12(4-8-17-14(13)15)19(10)9-5-11-2-6-16-7-3-11/h4,8,11,16H,2-3,5-7,9H2,1H3,(H2,15,17). The van der Waals surface area contributed by atoms with Gasteiger partial charge in [0.05, 0.1) is 5.52 Å². The lowest BCUT2D eigenvalue weighted by Crippen LogP contribution is -2.28. The van der Waals surface area contributed by atoms with Crippen molar-refractivity contribution in [2.75, 3.05) is 18.8 Å². The van der Waals surface area contributed by atoms with Gasteiger partial charge in [-0.15, -0.1) is 0 Å². The fraction of sp³-hybridized carbons (Fsp3) is 0.571. The third-order valence-corrected chi connectivity index (χ3v) is 4.11. The summed E-state index contributed by atoms with van der Waals surface area (Å²) >= 11 is 0. The Bertz CT molecular complexity index is 568. The van der Waals surface area contributed by atoms with Gasteiger partial charge in [0.15, 0.2) is 5.82 Å². The zero-order valence-corrected chi connectivity index (χ0v) is 11.4. The Morgan fingerprint density at radius 2 is 2.21 bits per heavy atom. The smallest absolute Gasteiger partial charge is 0.151 e. The number of nitrogens with two attached hydrogens (primary N) is 1. The van der Waals surface area contributed by atoms with E-state index in [0.29, 0.717) is 5.82 Å². The molecule has 2 aromatic rings. The normalized spacial score (nSPS) is 17.1. The van der Waals surface area contributed by atoms with Crippen molar-refractivity contribution in [1.82, 2.24) is 19.9 Å². The summed E-state index contributed by atoms with van der Waals surface area (Å²) in [6, 6.07) is 2.01. The highest BCUT2D eigenvalue weighted by Gasteiger charge is 2.15. The second kappa shape index (κ2) is 5.17. The van der Waals surface area contributed by atoms with Crippen molar-refractivity contribution in [1.29, 1.82) is 0 Å². The number of anilines is 1. The Kier molecular flexibility index (Phi) is 3.38. The number of rotatable bonds is 3. The van der Waals surface area contributed by atoms with Crippen LogP contribution in [0.2, 0.25) is 0 Å². The Balaban J connectivity index is 1.80. The van der Waals surface area contributed by atoms with Crippen molar-refractivity contribution in [2.45, 2.75) is 32.7 Å². The Morgan fingerprint density at radius 1 is 1.42 bits per heavy atom. The van der Waals surface area contributed by atoms with Crippen LogP contribution >= 0.6 is 0 Å². The minimum Gasteiger partial charge on any atom is -0.382 e. The summed E-state index contributed by atoms with van der Waals surface area (Å²) in [5, 5.41) is 3.41. The number of nitrogen functional groups attached to an aromatic ring is 1. The fourth-order valence-corrected chi connectivity index (χ4v) is 2.95. The van der Waals surface area contributed by atoms with Gasteiger partial charge in [0.25, 0.3) is 0 Å². The summed E-state index contributed by atoms with van der Waals surface area (Å²) in [4.78, 5) is 8.64. The van der Waals surface area contributed by atoms with E-state index in [1.807, 2.05) is 13.0 Å². The molecule has 19 heavy (non-hydrogen) atoms. The first-order chi connectivity index (χ1) is 9.25. The molecular formula is C14H21N5. The third kappa shape index (κ3) is 2.42. The molecule has 0 spiro atoms.